The number of hydrogen-bond donors (Lipinski definition) is 2. The highest BCUT2D eigenvalue weighted by atomic mass is 32.2. The Labute approximate surface area is 131 Å². The van der Waals surface area contributed by atoms with Crippen molar-refractivity contribution in [2.45, 2.75) is 31.2 Å². The number of nitrogens with two attached hydrogens (primary N) is 1. The van der Waals surface area contributed by atoms with Gasteiger partial charge in [-0.1, -0.05) is 0 Å². The summed E-state index contributed by atoms with van der Waals surface area (Å²) in [4.78, 5) is 1.01. The minimum absolute atomic E-state index is 0.00106. The first-order chi connectivity index (χ1) is 9.86. The summed E-state index contributed by atoms with van der Waals surface area (Å²) in [7, 11) is -3.30. The first-order valence-electron chi connectivity index (χ1n) is 6.95. The van der Waals surface area contributed by atoms with Gasteiger partial charge >= 0.3 is 0 Å². The molecule has 0 radical (unpaired) electrons. The number of nitrogens with zero attached hydrogens (tertiary/aromatic N) is 1. The van der Waals surface area contributed by atoms with Crippen LogP contribution in [0.15, 0.2) is 29.2 Å². The zero-order valence-electron chi connectivity index (χ0n) is 12.5. The molecule has 1 aromatic rings. The van der Waals surface area contributed by atoms with Crippen LogP contribution in [0.1, 0.15) is 20.3 Å². The summed E-state index contributed by atoms with van der Waals surface area (Å²) in [6.07, 6.45) is 0.461. The lowest BCUT2D eigenvalue weighted by Crippen LogP contribution is -2.39. The Balaban J connectivity index is 2.56. The molecule has 0 spiro atoms. The molecule has 1 aromatic carbocycles. The van der Waals surface area contributed by atoms with Crippen LogP contribution in [0.5, 0.6) is 0 Å². The largest absolute Gasteiger partial charge is 0.399 e. The molecule has 0 aliphatic heterocycles. The minimum atomic E-state index is -3.30. The van der Waals surface area contributed by atoms with Crippen LogP contribution in [0.4, 0.5) is 5.69 Å². The average molecular weight is 332 g/mol. The number of anilines is 1. The highest BCUT2D eigenvalue weighted by Gasteiger charge is 2.23. The minimum Gasteiger partial charge on any atom is -0.399 e. The summed E-state index contributed by atoms with van der Waals surface area (Å²) < 4.78 is 26.1. The zero-order chi connectivity index (χ0) is 15.9. The molecule has 7 heteroatoms. The number of aliphatic hydroxyl groups excluding tert-OH is 1. The van der Waals surface area contributed by atoms with Crippen molar-refractivity contribution in [2.75, 3.05) is 30.4 Å². The second-order valence-corrected chi connectivity index (χ2v) is 8.22. The van der Waals surface area contributed by atoms with Gasteiger partial charge in [0.15, 0.2) is 0 Å². The highest BCUT2D eigenvalue weighted by molar-refractivity contribution is 8.00. The first kappa shape index (κ1) is 18.3. The van der Waals surface area contributed by atoms with Gasteiger partial charge in [-0.2, -0.15) is 4.31 Å². The van der Waals surface area contributed by atoms with Gasteiger partial charge in [0, 0.05) is 35.5 Å². The van der Waals surface area contributed by atoms with Crippen molar-refractivity contribution in [1.82, 2.24) is 4.31 Å². The number of sulfonamides is 1. The summed E-state index contributed by atoms with van der Waals surface area (Å²) in [6, 6.07) is 7.29. The molecule has 3 N–H and O–H groups in total. The predicted molar refractivity (Wildman–Crippen MR) is 88.9 cm³/mol. The van der Waals surface area contributed by atoms with E-state index in [4.69, 9.17) is 10.8 Å². The molecule has 0 aromatic heterocycles. The molecular formula is C14H24N2O3S2. The van der Waals surface area contributed by atoms with E-state index in [1.807, 2.05) is 26.0 Å². The third kappa shape index (κ3) is 6.25. The standard InChI is InChI=1S/C14H24N2O3S2/c1-12(2)16(8-3-9-17)21(18,19)11-10-20-14-6-4-13(15)5-7-14/h4-7,12,17H,3,8-11,15H2,1-2H3. The number of benzene rings is 1. The number of aliphatic hydroxyl groups is 1. The van der Waals surface area contributed by atoms with Crippen molar-refractivity contribution in [1.29, 1.82) is 0 Å². The maximum absolute atomic E-state index is 12.3. The van der Waals surface area contributed by atoms with Crippen LogP contribution in [0.2, 0.25) is 0 Å². The third-order valence-corrected chi connectivity index (χ3v) is 6.27. The molecule has 0 saturated carbocycles. The lowest BCUT2D eigenvalue weighted by molar-refractivity contribution is 0.258. The molecule has 0 unspecified atom stereocenters. The van der Waals surface area contributed by atoms with Gasteiger partial charge in [-0.3, -0.25) is 0 Å². The van der Waals surface area contributed by atoms with E-state index in [0.717, 1.165) is 4.90 Å². The Morgan fingerprint density at radius 2 is 1.90 bits per heavy atom. The summed E-state index contributed by atoms with van der Waals surface area (Å²) in [5.41, 5.74) is 6.31. The Kier molecular flexibility index (Phi) is 7.51. The Morgan fingerprint density at radius 1 is 1.29 bits per heavy atom. The molecule has 0 fully saturated rings. The van der Waals surface area contributed by atoms with Crippen LogP contribution in [-0.2, 0) is 10.0 Å². The Bertz CT molecular complexity index is 516. The Hall–Kier alpha value is -0.760. The van der Waals surface area contributed by atoms with Crippen molar-refractivity contribution in [3.8, 4) is 0 Å². The zero-order valence-corrected chi connectivity index (χ0v) is 14.2. The van der Waals surface area contributed by atoms with Crippen molar-refractivity contribution >= 4 is 27.5 Å². The highest BCUT2D eigenvalue weighted by Crippen LogP contribution is 2.20. The van der Waals surface area contributed by atoms with E-state index in [1.165, 1.54) is 16.1 Å². The number of nitrogen functional groups attached to an aromatic ring is 1. The second-order valence-electron chi connectivity index (χ2n) is 5.02. The topological polar surface area (TPSA) is 83.6 Å². The van der Waals surface area contributed by atoms with Crippen molar-refractivity contribution in [2.24, 2.45) is 0 Å². The normalized spacial score (nSPS) is 12.2. The van der Waals surface area contributed by atoms with Gasteiger partial charge in [0.25, 0.3) is 0 Å². The SMILES string of the molecule is CC(C)N(CCCO)S(=O)(=O)CCSc1ccc(N)cc1. The summed E-state index contributed by atoms with van der Waals surface area (Å²) in [6.45, 7) is 4.06. The van der Waals surface area contributed by atoms with Gasteiger partial charge in [-0.25, -0.2) is 8.42 Å². The van der Waals surface area contributed by atoms with Gasteiger partial charge in [0.1, 0.15) is 0 Å². The van der Waals surface area contributed by atoms with Crippen molar-refractivity contribution in [3.63, 3.8) is 0 Å². The number of thioether (sulfide) groups is 1. The predicted octanol–water partition coefficient (Wildman–Crippen LogP) is 1.78. The lowest BCUT2D eigenvalue weighted by atomic mass is 10.3. The third-order valence-electron chi connectivity index (χ3n) is 2.96. The smallest absolute Gasteiger partial charge is 0.215 e. The van der Waals surface area contributed by atoms with E-state index in [1.54, 1.807) is 12.1 Å². The first-order valence-corrected chi connectivity index (χ1v) is 9.55. The maximum Gasteiger partial charge on any atom is 0.215 e. The van der Waals surface area contributed by atoms with Crippen LogP contribution in [0, 0.1) is 0 Å². The monoisotopic (exact) mass is 332 g/mol. The van der Waals surface area contributed by atoms with Gasteiger partial charge < -0.3 is 10.8 Å². The average Bonchev–Trinajstić information content (AvgIpc) is 2.40. The molecule has 0 heterocycles. The van der Waals surface area contributed by atoms with Crippen molar-refractivity contribution < 1.29 is 13.5 Å². The summed E-state index contributed by atoms with van der Waals surface area (Å²) in [5.74, 6) is 0.584. The fourth-order valence-electron chi connectivity index (χ4n) is 1.89. The van der Waals surface area contributed by atoms with Gasteiger partial charge in [0.05, 0.1) is 5.75 Å². The molecule has 0 aliphatic carbocycles. The van der Waals surface area contributed by atoms with Crippen LogP contribution in [-0.4, -0.2) is 48.5 Å². The van der Waals surface area contributed by atoms with E-state index >= 15 is 0 Å². The fourth-order valence-corrected chi connectivity index (χ4v) is 4.92. The molecule has 120 valence electrons. The molecule has 21 heavy (non-hydrogen) atoms. The van der Waals surface area contributed by atoms with Crippen LogP contribution in [0.3, 0.4) is 0 Å². The van der Waals surface area contributed by atoms with Crippen LogP contribution in [0.25, 0.3) is 0 Å². The summed E-state index contributed by atoms with van der Waals surface area (Å²) >= 11 is 1.50. The van der Waals surface area contributed by atoms with E-state index in [9.17, 15) is 8.42 Å². The molecule has 1 rings (SSSR count). The van der Waals surface area contributed by atoms with Crippen LogP contribution >= 0.6 is 11.8 Å². The molecule has 0 aliphatic rings. The van der Waals surface area contributed by atoms with E-state index < -0.39 is 10.0 Å². The molecule has 0 saturated heterocycles. The number of hydrogen-bond acceptors (Lipinski definition) is 5. The van der Waals surface area contributed by atoms with Gasteiger partial charge in [-0.05, 0) is 44.5 Å². The molecule has 0 atom stereocenters. The maximum atomic E-state index is 12.3. The molecule has 0 bridgehead atoms. The van der Waals surface area contributed by atoms with Crippen molar-refractivity contribution in [3.05, 3.63) is 24.3 Å². The molecular weight excluding hydrogens is 308 g/mol. The summed E-state index contributed by atoms with van der Waals surface area (Å²) in [5, 5.41) is 8.87. The van der Waals surface area contributed by atoms with Crippen LogP contribution < -0.4 is 5.73 Å². The second kappa shape index (κ2) is 8.63. The lowest BCUT2D eigenvalue weighted by Gasteiger charge is -2.25. The van der Waals surface area contributed by atoms with E-state index in [0.29, 0.717) is 24.4 Å². The Morgan fingerprint density at radius 3 is 2.43 bits per heavy atom. The fraction of sp³-hybridized carbons (Fsp3) is 0.571. The quantitative estimate of drug-likeness (QED) is 0.532. The number of rotatable bonds is 9. The van der Waals surface area contributed by atoms with E-state index in [-0.39, 0.29) is 18.4 Å². The molecule has 0 amide bonds. The molecule has 5 nitrogen and oxygen atoms in total. The van der Waals surface area contributed by atoms with Gasteiger partial charge in [-0.15, -0.1) is 11.8 Å². The van der Waals surface area contributed by atoms with Gasteiger partial charge in [0.2, 0.25) is 10.0 Å². The van der Waals surface area contributed by atoms with E-state index in [2.05, 4.69) is 0 Å².